The molecule has 1 saturated carbocycles. The minimum Gasteiger partial charge on any atom is -0.294 e. The van der Waals surface area contributed by atoms with E-state index in [9.17, 15) is 4.79 Å². The summed E-state index contributed by atoms with van der Waals surface area (Å²) in [7, 11) is 0. The molecule has 1 aromatic rings. The van der Waals surface area contributed by atoms with Crippen LogP contribution in [0.4, 0.5) is 0 Å². The van der Waals surface area contributed by atoms with Crippen molar-refractivity contribution < 1.29 is 4.79 Å². The fourth-order valence-corrected chi connectivity index (χ4v) is 3.51. The number of aryl methyl sites for hydroxylation is 1. The molecule has 0 radical (unpaired) electrons. The summed E-state index contributed by atoms with van der Waals surface area (Å²) in [6, 6.07) is 5.58. The maximum atomic E-state index is 12.6. The topological polar surface area (TPSA) is 17.1 Å². The molecule has 0 heterocycles. The third-order valence-electron chi connectivity index (χ3n) is 4.00. The van der Waals surface area contributed by atoms with Gasteiger partial charge in [0.05, 0.1) is 0 Å². The van der Waals surface area contributed by atoms with E-state index in [1.807, 2.05) is 25.1 Å². The first-order chi connectivity index (χ1) is 8.47. The summed E-state index contributed by atoms with van der Waals surface area (Å²) in [4.78, 5) is 12.6. The molecule has 2 unspecified atom stereocenters. The lowest BCUT2D eigenvalue weighted by molar-refractivity contribution is 0.0835. The van der Waals surface area contributed by atoms with Crippen LogP contribution in [-0.2, 0) is 0 Å². The maximum absolute atomic E-state index is 12.6. The van der Waals surface area contributed by atoms with Crippen LogP contribution >= 0.6 is 11.6 Å². The number of benzene rings is 1. The monoisotopic (exact) mass is 264 g/mol. The molecule has 0 aliphatic heterocycles. The zero-order valence-corrected chi connectivity index (χ0v) is 12.1. The van der Waals surface area contributed by atoms with Crippen LogP contribution < -0.4 is 0 Å². The van der Waals surface area contributed by atoms with Crippen molar-refractivity contribution in [1.82, 2.24) is 0 Å². The minimum atomic E-state index is 0.198. The Morgan fingerprint density at radius 2 is 1.78 bits per heavy atom. The number of rotatable bonds is 2. The lowest BCUT2D eigenvalue weighted by atomic mass is 9.73. The van der Waals surface area contributed by atoms with Gasteiger partial charge in [-0.25, -0.2) is 0 Å². The predicted molar refractivity (Wildman–Crippen MR) is 76.2 cm³/mol. The van der Waals surface area contributed by atoms with Crippen LogP contribution in [-0.4, -0.2) is 5.78 Å². The molecule has 1 aromatic carbocycles. The van der Waals surface area contributed by atoms with Crippen molar-refractivity contribution in [3.05, 3.63) is 34.3 Å². The number of halogens is 1. The lowest BCUT2D eigenvalue weighted by Crippen LogP contribution is -2.26. The van der Waals surface area contributed by atoms with Gasteiger partial charge in [-0.05, 0) is 61.8 Å². The molecule has 2 heteroatoms. The van der Waals surface area contributed by atoms with Crippen molar-refractivity contribution >= 4 is 17.4 Å². The average molecular weight is 265 g/mol. The molecule has 0 amide bonds. The predicted octanol–water partition coefficient (Wildman–Crippen LogP) is 4.90. The summed E-state index contributed by atoms with van der Waals surface area (Å²) in [6.07, 6.45) is 3.32. The van der Waals surface area contributed by atoms with Crippen molar-refractivity contribution in [2.45, 2.75) is 40.0 Å². The Kier molecular flexibility index (Phi) is 4.11. The van der Waals surface area contributed by atoms with Gasteiger partial charge in [0.15, 0.2) is 5.78 Å². The second kappa shape index (κ2) is 5.44. The standard InChI is InChI=1S/C16H21ClO/c1-10-6-11(2)8-13(7-10)16(18)15-5-4-14(17)9-12(15)3/h4-5,9-11,13H,6-8H2,1-3H3. The van der Waals surface area contributed by atoms with E-state index in [4.69, 9.17) is 11.6 Å². The van der Waals surface area contributed by atoms with Gasteiger partial charge in [-0.1, -0.05) is 25.4 Å². The van der Waals surface area contributed by atoms with Gasteiger partial charge in [-0.15, -0.1) is 0 Å². The van der Waals surface area contributed by atoms with Gasteiger partial charge in [0.2, 0.25) is 0 Å². The molecule has 0 bridgehead atoms. The molecule has 98 valence electrons. The van der Waals surface area contributed by atoms with Gasteiger partial charge in [-0.3, -0.25) is 4.79 Å². The number of carbonyl (C=O) groups excluding carboxylic acids is 1. The number of Topliss-reactive ketones (excluding diaryl/α,β-unsaturated/α-hetero) is 1. The van der Waals surface area contributed by atoms with Crippen LogP contribution in [0.2, 0.25) is 5.02 Å². The van der Waals surface area contributed by atoms with Crippen LogP contribution in [0.1, 0.15) is 49.0 Å². The summed E-state index contributed by atoms with van der Waals surface area (Å²) in [6.45, 7) is 6.48. The Morgan fingerprint density at radius 3 is 2.33 bits per heavy atom. The van der Waals surface area contributed by atoms with E-state index >= 15 is 0 Å². The van der Waals surface area contributed by atoms with Gasteiger partial charge in [0, 0.05) is 16.5 Å². The molecule has 0 aromatic heterocycles. The van der Waals surface area contributed by atoms with Crippen molar-refractivity contribution in [3.8, 4) is 0 Å². The summed E-state index contributed by atoms with van der Waals surface area (Å²) < 4.78 is 0. The Morgan fingerprint density at radius 1 is 1.17 bits per heavy atom. The average Bonchev–Trinajstić information content (AvgIpc) is 2.26. The third kappa shape index (κ3) is 2.95. The Labute approximate surface area is 115 Å². The first kappa shape index (κ1) is 13.6. The fourth-order valence-electron chi connectivity index (χ4n) is 3.28. The highest BCUT2D eigenvalue weighted by Gasteiger charge is 2.30. The molecule has 1 aliphatic rings. The van der Waals surface area contributed by atoms with Crippen LogP contribution in [0.25, 0.3) is 0 Å². The summed E-state index contributed by atoms with van der Waals surface area (Å²) in [5.41, 5.74) is 1.85. The van der Waals surface area contributed by atoms with Crippen LogP contribution in [0.3, 0.4) is 0 Å². The van der Waals surface area contributed by atoms with Crippen molar-refractivity contribution in [1.29, 1.82) is 0 Å². The van der Waals surface area contributed by atoms with Gasteiger partial charge >= 0.3 is 0 Å². The quantitative estimate of drug-likeness (QED) is 0.694. The largest absolute Gasteiger partial charge is 0.294 e. The molecule has 0 N–H and O–H groups in total. The van der Waals surface area contributed by atoms with Crippen LogP contribution in [0, 0.1) is 24.7 Å². The molecular formula is C16H21ClO. The van der Waals surface area contributed by atoms with Crippen molar-refractivity contribution in [2.75, 3.05) is 0 Å². The number of hydrogen-bond acceptors (Lipinski definition) is 1. The molecule has 0 saturated heterocycles. The van der Waals surface area contributed by atoms with Gasteiger partial charge in [0.1, 0.15) is 0 Å². The van der Waals surface area contributed by atoms with E-state index < -0.39 is 0 Å². The SMILES string of the molecule is Cc1cc(Cl)ccc1C(=O)C1CC(C)CC(C)C1. The molecule has 2 atom stereocenters. The van der Waals surface area contributed by atoms with E-state index in [0.717, 1.165) is 24.0 Å². The highest BCUT2D eigenvalue weighted by Crippen LogP contribution is 2.35. The zero-order chi connectivity index (χ0) is 13.3. The summed E-state index contributed by atoms with van der Waals surface area (Å²) >= 11 is 5.94. The fraction of sp³-hybridized carbons (Fsp3) is 0.562. The molecule has 1 nitrogen and oxygen atoms in total. The van der Waals surface area contributed by atoms with E-state index in [0.29, 0.717) is 22.6 Å². The van der Waals surface area contributed by atoms with Crippen molar-refractivity contribution in [2.24, 2.45) is 17.8 Å². The number of carbonyl (C=O) groups is 1. The second-order valence-corrected chi connectivity index (χ2v) is 6.37. The van der Waals surface area contributed by atoms with Crippen LogP contribution in [0.5, 0.6) is 0 Å². The van der Waals surface area contributed by atoms with E-state index in [1.54, 1.807) is 0 Å². The molecule has 18 heavy (non-hydrogen) atoms. The van der Waals surface area contributed by atoms with Gasteiger partial charge in [0.25, 0.3) is 0 Å². The third-order valence-corrected chi connectivity index (χ3v) is 4.24. The normalized spacial score (nSPS) is 28.1. The number of hydrogen-bond donors (Lipinski definition) is 0. The molecule has 1 fully saturated rings. The number of ketones is 1. The Hall–Kier alpha value is -0.820. The molecular weight excluding hydrogens is 244 g/mol. The summed E-state index contributed by atoms with van der Waals surface area (Å²) in [5.74, 6) is 1.83. The highest BCUT2D eigenvalue weighted by molar-refractivity contribution is 6.30. The van der Waals surface area contributed by atoms with E-state index in [1.165, 1.54) is 6.42 Å². The Balaban J connectivity index is 2.20. The van der Waals surface area contributed by atoms with Gasteiger partial charge in [-0.2, -0.15) is 0 Å². The second-order valence-electron chi connectivity index (χ2n) is 5.94. The summed E-state index contributed by atoms with van der Waals surface area (Å²) in [5, 5.41) is 0.703. The smallest absolute Gasteiger partial charge is 0.166 e. The molecule has 1 aliphatic carbocycles. The minimum absolute atomic E-state index is 0.198. The lowest BCUT2D eigenvalue weighted by Gasteiger charge is -2.30. The molecule has 0 spiro atoms. The first-order valence-electron chi connectivity index (χ1n) is 6.77. The Bertz CT molecular complexity index is 442. The zero-order valence-electron chi connectivity index (χ0n) is 11.4. The van der Waals surface area contributed by atoms with E-state index in [2.05, 4.69) is 13.8 Å². The maximum Gasteiger partial charge on any atom is 0.166 e. The van der Waals surface area contributed by atoms with Gasteiger partial charge < -0.3 is 0 Å². The molecule has 2 rings (SSSR count). The first-order valence-corrected chi connectivity index (χ1v) is 7.15. The highest BCUT2D eigenvalue weighted by atomic mass is 35.5. The van der Waals surface area contributed by atoms with Crippen molar-refractivity contribution in [3.63, 3.8) is 0 Å². The van der Waals surface area contributed by atoms with Crippen LogP contribution in [0.15, 0.2) is 18.2 Å². The van der Waals surface area contributed by atoms with E-state index in [-0.39, 0.29) is 5.92 Å².